The van der Waals surface area contributed by atoms with Gasteiger partial charge in [-0.25, -0.2) is 0 Å². The van der Waals surface area contributed by atoms with Gasteiger partial charge in [-0.15, -0.1) is 0 Å². The van der Waals surface area contributed by atoms with E-state index in [4.69, 9.17) is 5.11 Å². The third kappa shape index (κ3) is 2.26. The topological polar surface area (TPSA) is 55.1 Å². The van der Waals surface area contributed by atoms with E-state index in [0.717, 1.165) is 0 Å². The minimum absolute atomic E-state index is 0.131. The van der Waals surface area contributed by atoms with Crippen LogP contribution in [0, 0.1) is 5.92 Å². The lowest BCUT2D eigenvalue weighted by molar-refractivity contribution is 0.0903. The van der Waals surface area contributed by atoms with Crippen LogP contribution in [0.1, 0.15) is 38.1 Å². The van der Waals surface area contributed by atoms with Gasteiger partial charge in [0.1, 0.15) is 6.61 Å². The maximum Gasteiger partial charge on any atom is 0.191 e. The first-order valence-corrected chi connectivity index (χ1v) is 5.08. The van der Waals surface area contributed by atoms with Gasteiger partial charge in [-0.2, -0.15) is 5.10 Å². The second-order valence-electron chi connectivity index (χ2n) is 4.56. The summed E-state index contributed by atoms with van der Waals surface area (Å²) in [4.78, 5) is 11.2. The van der Waals surface area contributed by atoms with E-state index in [1.54, 1.807) is 10.9 Å². The maximum absolute atomic E-state index is 11.2. The average molecular weight is 210 g/mol. The lowest BCUT2D eigenvalue weighted by Crippen LogP contribution is -2.32. The second-order valence-corrected chi connectivity index (χ2v) is 4.56. The van der Waals surface area contributed by atoms with Crippen molar-refractivity contribution in [2.24, 2.45) is 5.92 Å². The predicted octanol–water partition coefficient (Wildman–Crippen LogP) is 1.45. The first-order chi connectivity index (χ1) is 6.89. The van der Waals surface area contributed by atoms with Crippen molar-refractivity contribution >= 4 is 5.78 Å². The molecule has 0 saturated heterocycles. The molecule has 0 saturated carbocycles. The third-order valence-electron chi connectivity index (χ3n) is 3.05. The highest BCUT2D eigenvalue weighted by atomic mass is 16.3. The highest BCUT2D eigenvalue weighted by Gasteiger charge is 2.25. The van der Waals surface area contributed by atoms with Crippen LogP contribution in [0.4, 0.5) is 0 Å². The Hall–Kier alpha value is -1.16. The van der Waals surface area contributed by atoms with E-state index in [0.29, 0.717) is 11.5 Å². The molecule has 0 atom stereocenters. The van der Waals surface area contributed by atoms with E-state index >= 15 is 0 Å². The van der Waals surface area contributed by atoms with Gasteiger partial charge >= 0.3 is 0 Å². The zero-order valence-corrected chi connectivity index (χ0v) is 9.69. The van der Waals surface area contributed by atoms with E-state index in [-0.39, 0.29) is 11.3 Å². The van der Waals surface area contributed by atoms with Gasteiger partial charge in [0.2, 0.25) is 0 Å². The molecule has 1 aromatic rings. The number of aliphatic hydroxyl groups is 1. The van der Waals surface area contributed by atoms with Crippen LogP contribution in [0.3, 0.4) is 0 Å². The van der Waals surface area contributed by atoms with Crippen LogP contribution < -0.4 is 0 Å². The summed E-state index contributed by atoms with van der Waals surface area (Å²) in [6.45, 7) is 7.88. The van der Waals surface area contributed by atoms with Crippen molar-refractivity contribution in [1.82, 2.24) is 9.78 Å². The highest BCUT2D eigenvalue weighted by molar-refractivity contribution is 5.96. The van der Waals surface area contributed by atoms with Crippen molar-refractivity contribution in [3.8, 4) is 0 Å². The summed E-state index contributed by atoms with van der Waals surface area (Å²) in [5.74, 6) is 0.121. The Kier molecular flexibility index (Phi) is 3.29. The number of rotatable bonds is 4. The predicted molar refractivity (Wildman–Crippen MR) is 57.8 cm³/mol. The van der Waals surface area contributed by atoms with E-state index < -0.39 is 6.61 Å². The maximum atomic E-state index is 11.2. The molecular formula is C11H18N2O2. The summed E-state index contributed by atoms with van der Waals surface area (Å²) in [5.41, 5.74) is 0.333. The molecule has 1 rings (SSSR count). The van der Waals surface area contributed by atoms with Crippen LogP contribution in [0.25, 0.3) is 0 Å². The summed E-state index contributed by atoms with van der Waals surface area (Å²) in [7, 11) is 0. The molecule has 4 heteroatoms. The monoisotopic (exact) mass is 210 g/mol. The number of hydrogen-bond donors (Lipinski definition) is 1. The molecule has 0 aromatic carbocycles. The molecule has 84 valence electrons. The number of Topliss-reactive ketones (excluding diaryl/α,β-unsaturated/α-hetero) is 1. The van der Waals surface area contributed by atoms with Crippen LogP contribution in [-0.4, -0.2) is 27.3 Å². The SMILES string of the molecule is CC(C)C(C)(C)n1cc(C(=O)CO)cn1. The molecule has 4 nitrogen and oxygen atoms in total. The summed E-state index contributed by atoms with van der Waals surface area (Å²) in [5, 5.41) is 12.9. The van der Waals surface area contributed by atoms with Crippen molar-refractivity contribution in [3.05, 3.63) is 18.0 Å². The lowest BCUT2D eigenvalue weighted by atomic mass is 9.91. The molecular weight excluding hydrogens is 192 g/mol. The lowest BCUT2D eigenvalue weighted by Gasteiger charge is -2.29. The fourth-order valence-corrected chi connectivity index (χ4v) is 1.14. The van der Waals surface area contributed by atoms with Crippen LogP contribution in [0.15, 0.2) is 12.4 Å². The van der Waals surface area contributed by atoms with Gasteiger partial charge in [0.15, 0.2) is 5.78 Å². The highest BCUT2D eigenvalue weighted by Crippen LogP contribution is 2.24. The largest absolute Gasteiger partial charge is 0.388 e. The number of nitrogens with zero attached hydrogens (tertiary/aromatic N) is 2. The smallest absolute Gasteiger partial charge is 0.191 e. The van der Waals surface area contributed by atoms with Crippen molar-refractivity contribution in [2.45, 2.75) is 33.2 Å². The molecule has 15 heavy (non-hydrogen) atoms. The number of carbonyl (C=O) groups excluding carboxylic acids is 1. The van der Waals surface area contributed by atoms with Gasteiger partial charge in [0, 0.05) is 6.20 Å². The summed E-state index contributed by atoms with van der Waals surface area (Å²) in [6.07, 6.45) is 3.20. The zero-order chi connectivity index (χ0) is 11.6. The van der Waals surface area contributed by atoms with Crippen LogP contribution >= 0.6 is 0 Å². The fraction of sp³-hybridized carbons (Fsp3) is 0.636. The Labute approximate surface area is 89.9 Å². The number of ketones is 1. The van der Waals surface area contributed by atoms with E-state index in [1.165, 1.54) is 6.20 Å². The third-order valence-corrected chi connectivity index (χ3v) is 3.05. The molecule has 0 spiro atoms. The average Bonchev–Trinajstić information content (AvgIpc) is 2.65. The number of aromatic nitrogens is 2. The molecule has 0 aliphatic carbocycles. The Balaban J connectivity index is 2.98. The Morgan fingerprint density at radius 3 is 2.67 bits per heavy atom. The van der Waals surface area contributed by atoms with Crippen LogP contribution in [-0.2, 0) is 5.54 Å². The van der Waals surface area contributed by atoms with Gasteiger partial charge in [-0.05, 0) is 19.8 Å². The normalized spacial score (nSPS) is 12.1. The van der Waals surface area contributed by atoms with Crippen molar-refractivity contribution < 1.29 is 9.90 Å². The summed E-state index contributed by atoms with van der Waals surface area (Å²) >= 11 is 0. The second kappa shape index (κ2) is 4.14. The Bertz CT molecular complexity index is 353. The Morgan fingerprint density at radius 1 is 1.60 bits per heavy atom. The van der Waals surface area contributed by atoms with Gasteiger partial charge < -0.3 is 5.11 Å². The number of carbonyl (C=O) groups is 1. The first kappa shape index (κ1) is 11.9. The minimum atomic E-state index is -0.464. The molecule has 1 heterocycles. The van der Waals surface area contributed by atoms with Crippen molar-refractivity contribution in [1.29, 1.82) is 0 Å². The molecule has 1 aromatic heterocycles. The van der Waals surface area contributed by atoms with E-state index in [1.807, 2.05) is 0 Å². The quantitative estimate of drug-likeness (QED) is 0.765. The summed E-state index contributed by atoms with van der Waals surface area (Å²) in [6, 6.07) is 0. The molecule has 1 N–H and O–H groups in total. The molecule has 0 aliphatic rings. The Morgan fingerprint density at radius 2 is 2.20 bits per heavy atom. The molecule has 0 radical (unpaired) electrons. The standard InChI is InChI=1S/C11H18N2O2/c1-8(2)11(3,4)13-6-9(5-12-13)10(15)7-14/h5-6,8,14H,7H2,1-4H3. The minimum Gasteiger partial charge on any atom is -0.388 e. The van der Waals surface area contributed by atoms with Crippen molar-refractivity contribution in [2.75, 3.05) is 6.61 Å². The van der Waals surface area contributed by atoms with Crippen LogP contribution in [0.5, 0.6) is 0 Å². The number of hydrogen-bond acceptors (Lipinski definition) is 3. The van der Waals surface area contributed by atoms with Gasteiger partial charge in [0.05, 0.1) is 17.3 Å². The molecule has 0 bridgehead atoms. The number of aliphatic hydroxyl groups excluding tert-OH is 1. The molecule has 0 fully saturated rings. The molecule has 0 aliphatic heterocycles. The van der Waals surface area contributed by atoms with Gasteiger partial charge in [0.25, 0.3) is 0 Å². The van der Waals surface area contributed by atoms with Crippen LogP contribution in [0.2, 0.25) is 0 Å². The zero-order valence-electron chi connectivity index (χ0n) is 9.69. The summed E-state index contributed by atoms with van der Waals surface area (Å²) < 4.78 is 1.78. The molecule has 0 amide bonds. The van der Waals surface area contributed by atoms with E-state index in [2.05, 4.69) is 32.8 Å². The van der Waals surface area contributed by atoms with E-state index in [9.17, 15) is 4.79 Å². The van der Waals surface area contributed by atoms with Gasteiger partial charge in [-0.3, -0.25) is 9.48 Å². The van der Waals surface area contributed by atoms with Crippen molar-refractivity contribution in [3.63, 3.8) is 0 Å². The first-order valence-electron chi connectivity index (χ1n) is 5.08. The van der Waals surface area contributed by atoms with Gasteiger partial charge in [-0.1, -0.05) is 13.8 Å². The molecule has 0 unspecified atom stereocenters. The fourth-order valence-electron chi connectivity index (χ4n) is 1.14.